The fourth-order valence-electron chi connectivity index (χ4n) is 1.63. The van der Waals surface area contributed by atoms with E-state index in [4.69, 9.17) is 0 Å². The predicted octanol–water partition coefficient (Wildman–Crippen LogP) is 2.28. The normalized spacial score (nSPS) is 20.1. The number of hydrogen-bond donors (Lipinski definition) is 2. The summed E-state index contributed by atoms with van der Waals surface area (Å²) in [6.45, 7) is 4.36. The van der Waals surface area contributed by atoms with Gasteiger partial charge in [0, 0.05) is 0 Å². The van der Waals surface area contributed by atoms with E-state index in [0.717, 1.165) is 0 Å². The van der Waals surface area contributed by atoms with Crippen LogP contribution in [-0.2, 0) is 0 Å². The molecule has 0 saturated carbocycles. The Morgan fingerprint density at radius 1 is 1.29 bits per heavy atom. The first kappa shape index (κ1) is 9.15. The Kier molecular flexibility index (Phi) is 2.45. The predicted molar refractivity (Wildman–Crippen MR) is 54.4 cm³/mol. The zero-order chi connectivity index (χ0) is 9.97. The van der Waals surface area contributed by atoms with Crippen LogP contribution in [0.5, 0.6) is 0 Å². The number of nitrogens with one attached hydrogen (secondary N) is 2. The molecule has 0 aromatic heterocycles. The van der Waals surface area contributed by atoms with Gasteiger partial charge in [-0.2, -0.15) is 5.43 Å². The summed E-state index contributed by atoms with van der Waals surface area (Å²) in [5.41, 5.74) is 8.13. The van der Waals surface area contributed by atoms with Crippen LogP contribution in [0.1, 0.15) is 37.1 Å². The maximum atomic E-state index is 4.05. The minimum atomic E-state index is -0.0476. The lowest BCUT2D eigenvalue weighted by Crippen LogP contribution is -2.24. The molecule has 4 nitrogen and oxygen atoms in total. The molecule has 4 heteroatoms. The Bertz CT molecular complexity index is 346. The van der Waals surface area contributed by atoms with Crippen LogP contribution in [0.25, 0.3) is 0 Å². The molecule has 74 valence electrons. The molecule has 0 amide bonds. The molecule has 1 aromatic carbocycles. The number of rotatable bonds is 2. The van der Waals surface area contributed by atoms with Crippen LogP contribution in [-0.4, -0.2) is 0 Å². The average Bonchev–Trinajstić information content (AvgIpc) is 2.70. The lowest BCUT2D eigenvalue weighted by molar-refractivity contribution is 0.546. The van der Waals surface area contributed by atoms with E-state index in [0.29, 0.717) is 5.92 Å². The van der Waals surface area contributed by atoms with Crippen molar-refractivity contribution in [2.75, 3.05) is 0 Å². The van der Waals surface area contributed by atoms with Crippen LogP contribution in [0.3, 0.4) is 0 Å². The van der Waals surface area contributed by atoms with Crippen molar-refractivity contribution < 1.29 is 0 Å². The lowest BCUT2D eigenvalue weighted by atomic mass is 9.96. The molecule has 1 unspecified atom stereocenters. The Labute approximate surface area is 83.4 Å². The number of hydrazine groups is 1. The maximum Gasteiger partial charge on any atom is 0.166 e. The van der Waals surface area contributed by atoms with Gasteiger partial charge < -0.3 is 0 Å². The van der Waals surface area contributed by atoms with Crippen molar-refractivity contribution >= 4 is 0 Å². The fourth-order valence-corrected chi connectivity index (χ4v) is 1.63. The van der Waals surface area contributed by atoms with Gasteiger partial charge in [-0.25, -0.2) is 5.53 Å². The molecule has 1 aliphatic rings. The highest BCUT2D eigenvalue weighted by atomic mass is 15.7. The van der Waals surface area contributed by atoms with Gasteiger partial charge in [-0.05, 0) is 17.0 Å². The minimum absolute atomic E-state index is 0.0476. The summed E-state index contributed by atoms with van der Waals surface area (Å²) in [6.07, 6.45) is -0.0476. The van der Waals surface area contributed by atoms with Gasteiger partial charge in [0.15, 0.2) is 6.17 Å². The third-order valence-electron chi connectivity index (χ3n) is 2.34. The second kappa shape index (κ2) is 3.75. The van der Waals surface area contributed by atoms with E-state index >= 15 is 0 Å². The molecule has 0 fully saturated rings. The Balaban J connectivity index is 2.35. The van der Waals surface area contributed by atoms with E-state index in [1.807, 2.05) is 6.07 Å². The van der Waals surface area contributed by atoms with Gasteiger partial charge in [0.25, 0.3) is 0 Å². The van der Waals surface area contributed by atoms with Crippen molar-refractivity contribution in [3.8, 4) is 0 Å². The Morgan fingerprint density at radius 2 is 2.07 bits per heavy atom. The van der Waals surface area contributed by atoms with E-state index in [-0.39, 0.29) is 6.17 Å². The SMILES string of the molecule is CC(C)c1ccccc1C1N=NNN1. The van der Waals surface area contributed by atoms with Crippen molar-refractivity contribution in [2.24, 2.45) is 10.3 Å². The summed E-state index contributed by atoms with van der Waals surface area (Å²) in [5, 5.41) is 7.76. The van der Waals surface area contributed by atoms with E-state index in [1.165, 1.54) is 11.1 Å². The molecule has 1 aromatic rings. The van der Waals surface area contributed by atoms with Gasteiger partial charge in [-0.15, -0.1) is 5.11 Å². The second-order valence-electron chi connectivity index (χ2n) is 3.66. The Hall–Kier alpha value is -1.42. The number of benzene rings is 1. The minimum Gasteiger partial charge on any atom is -0.222 e. The molecule has 0 radical (unpaired) electrons. The van der Waals surface area contributed by atoms with Crippen LogP contribution in [0, 0.1) is 0 Å². The van der Waals surface area contributed by atoms with Gasteiger partial charge in [-0.3, -0.25) is 0 Å². The van der Waals surface area contributed by atoms with Crippen molar-refractivity contribution in [1.82, 2.24) is 11.0 Å². The van der Waals surface area contributed by atoms with Gasteiger partial charge in [0.1, 0.15) is 0 Å². The molecule has 2 rings (SSSR count). The van der Waals surface area contributed by atoms with E-state index in [1.54, 1.807) is 0 Å². The molecule has 0 saturated heterocycles. The summed E-state index contributed by atoms with van der Waals surface area (Å²) in [6, 6.07) is 8.30. The van der Waals surface area contributed by atoms with Crippen LogP contribution in [0.2, 0.25) is 0 Å². The molecule has 14 heavy (non-hydrogen) atoms. The standard InChI is InChI=1S/C10H14N4/c1-7(2)8-5-3-4-6-9(8)10-11-13-14-12-10/h3-7,10H,1-2H3,(H,11,14)(H,12,13). The van der Waals surface area contributed by atoms with Crippen molar-refractivity contribution in [3.63, 3.8) is 0 Å². The molecule has 1 atom stereocenters. The first-order valence-corrected chi connectivity index (χ1v) is 4.78. The second-order valence-corrected chi connectivity index (χ2v) is 3.66. The third-order valence-corrected chi connectivity index (χ3v) is 2.34. The summed E-state index contributed by atoms with van der Waals surface area (Å²) >= 11 is 0. The maximum absolute atomic E-state index is 4.05. The summed E-state index contributed by atoms with van der Waals surface area (Å²) < 4.78 is 0. The number of nitrogens with zero attached hydrogens (tertiary/aromatic N) is 2. The van der Waals surface area contributed by atoms with E-state index in [9.17, 15) is 0 Å². The monoisotopic (exact) mass is 190 g/mol. The first-order chi connectivity index (χ1) is 6.79. The summed E-state index contributed by atoms with van der Waals surface area (Å²) in [7, 11) is 0. The number of hydrogen-bond acceptors (Lipinski definition) is 4. The molecule has 0 spiro atoms. The molecule has 0 bridgehead atoms. The topological polar surface area (TPSA) is 48.8 Å². The van der Waals surface area contributed by atoms with Gasteiger partial charge in [0.05, 0.1) is 0 Å². The smallest absolute Gasteiger partial charge is 0.166 e. The van der Waals surface area contributed by atoms with Gasteiger partial charge in [-0.1, -0.05) is 43.3 Å². The van der Waals surface area contributed by atoms with Crippen LogP contribution in [0.15, 0.2) is 34.6 Å². The van der Waals surface area contributed by atoms with Crippen molar-refractivity contribution in [2.45, 2.75) is 25.9 Å². The van der Waals surface area contributed by atoms with E-state index < -0.39 is 0 Å². The zero-order valence-corrected chi connectivity index (χ0v) is 8.36. The highest BCUT2D eigenvalue weighted by Crippen LogP contribution is 2.26. The molecule has 1 aliphatic heterocycles. The molecular weight excluding hydrogens is 176 g/mol. The van der Waals surface area contributed by atoms with Gasteiger partial charge in [0.2, 0.25) is 0 Å². The van der Waals surface area contributed by atoms with Crippen molar-refractivity contribution in [1.29, 1.82) is 0 Å². The van der Waals surface area contributed by atoms with Crippen molar-refractivity contribution in [3.05, 3.63) is 35.4 Å². The zero-order valence-electron chi connectivity index (χ0n) is 8.36. The van der Waals surface area contributed by atoms with E-state index in [2.05, 4.69) is 53.3 Å². The molecule has 0 aliphatic carbocycles. The van der Waals surface area contributed by atoms with Gasteiger partial charge >= 0.3 is 0 Å². The van der Waals surface area contributed by atoms with Crippen LogP contribution >= 0.6 is 0 Å². The van der Waals surface area contributed by atoms with Crippen LogP contribution < -0.4 is 11.0 Å². The summed E-state index contributed by atoms with van der Waals surface area (Å²) in [5.74, 6) is 0.504. The molecule has 2 N–H and O–H groups in total. The van der Waals surface area contributed by atoms with Crippen LogP contribution in [0.4, 0.5) is 0 Å². The quantitative estimate of drug-likeness (QED) is 0.751. The summed E-state index contributed by atoms with van der Waals surface area (Å²) in [4.78, 5) is 0. The molecular formula is C10H14N4. The Morgan fingerprint density at radius 3 is 2.71 bits per heavy atom. The third kappa shape index (κ3) is 1.61. The fraction of sp³-hybridized carbons (Fsp3) is 0.400. The highest BCUT2D eigenvalue weighted by Gasteiger charge is 2.17. The average molecular weight is 190 g/mol. The molecule has 1 heterocycles. The lowest BCUT2D eigenvalue weighted by Gasteiger charge is -2.14. The highest BCUT2D eigenvalue weighted by molar-refractivity contribution is 5.32. The largest absolute Gasteiger partial charge is 0.222 e. The first-order valence-electron chi connectivity index (χ1n) is 4.78.